The van der Waals surface area contributed by atoms with E-state index < -0.39 is 5.97 Å². The molecule has 2 rings (SSSR count). The molecule has 0 aliphatic carbocycles. The van der Waals surface area contributed by atoms with E-state index in [-0.39, 0.29) is 18.2 Å². The van der Waals surface area contributed by atoms with Crippen LogP contribution in [0.4, 0.5) is 5.69 Å². The number of hydrogen-bond acceptors (Lipinski definition) is 3. The lowest BCUT2D eigenvalue weighted by Crippen LogP contribution is -2.24. The fourth-order valence-electron chi connectivity index (χ4n) is 2.13. The van der Waals surface area contributed by atoms with E-state index in [9.17, 15) is 9.59 Å². The predicted molar refractivity (Wildman–Crippen MR) is 72.0 cm³/mol. The number of aliphatic carboxylic acids is 1. The molecular weight excluding hydrogens is 244 g/mol. The molecular formula is C14H18N2O3. The third kappa shape index (κ3) is 4.06. The summed E-state index contributed by atoms with van der Waals surface area (Å²) in [7, 11) is 0. The number of carboxylic acids is 1. The van der Waals surface area contributed by atoms with E-state index in [1.54, 1.807) is 0 Å². The number of rotatable bonds is 5. The Kier molecular flexibility index (Phi) is 4.52. The zero-order valence-corrected chi connectivity index (χ0v) is 10.7. The highest BCUT2D eigenvalue weighted by Crippen LogP contribution is 2.14. The van der Waals surface area contributed by atoms with Crippen LogP contribution in [-0.4, -0.2) is 30.1 Å². The number of nitrogens with one attached hydrogen (secondary N) is 2. The molecule has 1 aliphatic rings. The van der Waals surface area contributed by atoms with E-state index >= 15 is 0 Å². The van der Waals surface area contributed by atoms with Gasteiger partial charge in [0.2, 0.25) is 5.91 Å². The lowest BCUT2D eigenvalue weighted by atomic mass is 10.1. The van der Waals surface area contributed by atoms with Crippen molar-refractivity contribution in [3.63, 3.8) is 0 Å². The van der Waals surface area contributed by atoms with Crippen molar-refractivity contribution < 1.29 is 14.7 Å². The average molecular weight is 262 g/mol. The number of aryl methyl sites for hydroxylation is 1. The van der Waals surface area contributed by atoms with Crippen molar-refractivity contribution in [3.8, 4) is 0 Å². The van der Waals surface area contributed by atoms with Crippen LogP contribution in [0.2, 0.25) is 0 Å². The highest BCUT2D eigenvalue weighted by molar-refractivity contribution is 5.92. The quantitative estimate of drug-likeness (QED) is 0.746. The average Bonchev–Trinajstić information content (AvgIpc) is 2.92. The van der Waals surface area contributed by atoms with Gasteiger partial charge in [-0.15, -0.1) is 0 Å². The third-order valence-corrected chi connectivity index (χ3v) is 3.28. The van der Waals surface area contributed by atoms with E-state index in [1.165, 1.54) is 0 Å². The predicted octanol–water partition coefficient (Wildman–Crippen LogP) is 1.25. The van der Waals surface area contributed by atoms with Crippen molar-refractivity contribution in [2.75, 3.05) is 18.4 Å². The molecule has 1 aliphatic heterocycles. The van der Waals surface area contributed by atoms with Crippen molar-refractivity contribution in [1.29, 1.82) is 0 Å². The van der Waals surface area contributed by atoms with Crippen LogP contribution in [0.25, 0.3) is 0 Å². The van der Waals surface area contributed by atoms with Crippen molar-refractivity contribution >= 4 is 17.6 Å². The van der Waals surface area contributed by atoms with Gasteiger partial charge in [-0.2, -0.15) is 0 Å². The van der Waals surface area contributed by atoms with Crippen molar-refractivity contribution in [2.24, 2.45) is 5.92 Å². The minimum absolute atomic E-state index is 0.0447. The van der Waals surface area contributed by atoms with E-state index in [0.29, 0.717) is 6.42 Å². The van der Waals surface area contributed by atoms with Crippen LogP contribution in [0.1, 0.15) is 18.4 Å². The summed E-state index contributed by atoms with van der Waals surface area (Å²) in [4.78, 5) is 22.4. The molecule has 3 N–H and O–H groups in total. The summed E-state index contributed by atoms with van der Waals surface area (Å²) in [5.41, 5.74) is 1.72. The third-order valence-electron chi connectivity index (χ3n) is 3.28. The SMILES string of the molecule is O=C(O)CCc1ccc(NC(=O)C2CCNC2)cc1. The number of carbonyl (C=O) groups excluding carboxylic acids is 1. The van der Waals surface area contributed by atoms with Crippen LogP contribution in [0.5, 0.6) is 0 Å². The first kappa shape index (κ1) is 13.5. The molecule has 1 fully saturated rings. The fourth-order valence-corrected chi connectivity index (χ4v) is 2.13. The van der Waals surface area contributed by atoms with Crippen LogP contribution >= 0.6 is 0 Å². The Morgan fingerprint density at radius 2 is 2.05 bits per heavy atom. The Morgan fingerprint density at radius 3 is 2.63 bits per heavy atom. The molecule has 1 aromatic carbocycles. The normalized spacial score (nSPS) is 18.2. The summed E-state index contributed by atoms with van der Waals surface area (Å²) in [5, 5.41) is 14.6. The fraction of sp³-hybridized carbons (Fsp3) is 0.429. The molecule has 0 radical (unpaired) electrons. The van der Waals surface area contributed by atoms with Crippen molar-refractivity contribution in [1.82, 2.24) is 5.32 Å². The highest BCUT2D eigenvalue weighted by atomic mass is 16.4. The second-order valence-electron chi connectivity index (χ2n) is 4.77. The monoisotopic (exact) mass is 262 g/mol. The van der Waals surface area contributed by atoms with Gasteiger partial charge >= 0.3 is 5.97 Å². The van der Waals surface area contributed by atoms with Crippen LogP contribution in [-0.2, 0) is 16.0 Å². The number of carboxylic acid groups (broad SMARTS) is 1. The number of benzene rings is 1. The van der Waals surface area contributed by atoms with Crippen LogP contribution in [0.3, 0.4) is 0 Å². The lowest BCUT2D eigenvalue weighted by molar-refractivity contribution is -0.137. The maximum atomic E-state index is 11.9. The Morgan fingerprint density at radius 1 is 1.32 bits per heavy atom. The largest absolute Gasteiger partial charge is 0.481 e. The molecule has 19 heavy (non-hydrogen) atoms. The van der Waals surface area contributed by atoms with Gasteiger partial charge in [0.05, 0.1) is 5.92 Å². The van der Waals surface area contributed by atoms with Gasteiger partial charge < -0.3 is 15.7 Å². The molecule has 0 spiro atoms. The second-order valence-corrected chi connectivity index (χ2v) is 4.77. The number of anilines is 1. The highest BCUT2D eigenvalue weighted by Gasteiger charge is 2.22. The summed E-state index contributed by atoms with van der Waals surface area (Å²) in [6, 6.07) is 7.34. The maximum Gasteiger partial charge on any atom is 0.303 e. The summed E-state index contributed by atoms with van der Waals surface area (Å²) < 4.78 is 0. The summed E-state index contributed by atoms with van der Waals surface area (Å²) in [6.45, 7) is 1.63. The van der Waals surface area contributed by atoms with E-state index in [0.717, 1.165) is 30.8 Å². The van der Waals surface area contributed by atoms with E-state index in [4.69, 9.17) is 5.11 Å². The first-order valence-electron chi connectivity index (χ1n) is 6.47. The second kappa shape index (κ2) is 6.33. The zero-order chi connectivity index (χ0) is 13.7. The zero-order valence-electron chi connectivity index (χ0n) is 10.7. The topological polar surface area (TPSA) is 78.4 Å². The van der Waals surface area contributed by atoms with Crippen LogP contribution < -0.4 is 10.6 Å². The smallest absolute Gasteiger partial charge is 0.303 e. The minimum Gasteiger partial charge on any atom is -0.481 e. The first-order chi connectivity index (χ1) is 9.15. The molecule has 1 atom stereocenters. The Labute approximate surface area is 112 Å². The first-order valence-corrected chi connectivity index (χ1v) is 6.47. The van der Waals surface area contributed by atoms with E-state index in [1.807, 2.05) is 24.3 Å². The Hall–Kier alpha value is -1.88. The van der Waals surface area contributed by atoms with Crippen LogP contribution in [0.15, 0.2) is 24.3 Å². The minimum atomic E-state index is -0.800. The van der Waals surface area contributed by atoms with E-state index in [2.05, 4.69) is 10.6 Å². The Balaban J connectivity index is 1.87. The molecule has 5 heteroatoms. The maximum absolute atomic E-state index is 11.9. The van der Waals surface area contributed by atoms with Gasteiger partial charge in [-0.3, -0.25) is 9.59 Å². The Bertz CT molecular complexity index is 450. The van der Waals surface area contributed by atoms with Gasteiger partial charge in [-0.1, -0.05) is 12.1 Å². The molecule has 1 heterocycles. The van der Waals surface area contributed by atoms with Gasteiger partial charge in [0.1, 0.15) is 0 Å². The molecule has 1 amide bonds. The van der Waals surface area contributed by atoms with Crippen molar-refractivity contribution in [2.45, 2.75) is 19.3 Å². The molecule has 1 aromatic rings. The van der Waals surface area contributed by atoms with Gasteiger partial charge in [-0.25, -0.2) is 0 Å². The molecule has 1 saturated heterocycles. The number of amides is 1. The molecule has 0 bridgehead atoms. The van der Waals surface area contributed by atoms with Gasteiger partial charge in [-0.05, 0) is 37.1 Å². The van der Waals surface area contributed by atoms with Gasteiger partial charge in [0.15, 0.2) is 0 Å². The van der Waals surface area contributed by atoms with Crippen molar-refractivity contribution in [3.05, 3.63) is 29.8 Å². The summed E-state index contributed by atoms with van der Waals surface area (Å²) in [5.74, 6) is -0.707. The van der Waals surface area contributed by atoms with Gasteiger partial charge in [0, 0.05) is 18.7 Å². The number of carbonyl (C=O) groups is 2. The molecule has 102 valence electrons. The molecule has 1 unspecified atom stereocenters. The lowest BCUT2D eigenvalue weighted by Gasteiger charge is -2.10. The molecule has 0 saturated carbocycles. The molecule has 5 nitrogen and oxygen atoms in total. The van der Waals surface area contributed by atoms with Crippen LogP contribution in [0, 0.1) is 5.92 Å². The number of hydrogen-bond donors (Lipinski definition) is 3. The van der Waals surface area contributed by atoms with Gasteiger partial charge in [0.25, 0.3) is 0 Å². The summed E-state index contributed by atoms with van der Waals surface area (Å²) >= 11 is 0. The summed E-state index contributed by atoms with van der Waals surface area (Å²) in [6.07, 6.45) is 1.51. The molecule has 0 aromatic heterocycles. The standard InChI is InChI=1S/C14H18N2O3/c17-13(18)6-3-10-1-4-12(5-2-10)16-14(19)11-7-8-15-9-11/h1-2,4-5,11,15H,3,6-9H2,(H,16,19)(H,17,18).